The quantitative estimate of drug-likeness (QED) is 0.200. The van der Waals surface area contributed by atoms with Crippen LogP contribution in [0.15, 0.2) is 69.0 Å². The van der Waals surface area contributed by atoms with Gasteiger partial charge in [0.15, 0.2) is 16.7 Å². The Balaban J connectivity index is 1.47. The van der Waals surface area contributed by atoms with Crippen molar-refractivity contribution in [3.63, 3.8) is 0 Å². The normalized spacial score (nSPS) is 15.3. The minimum Gasteiger partial charge on any atom is -0.493 e. The Morgan fingerprint density at radius 1 is 1.08 bits per heavy atom. The number of rotatable bonds is 7. The van der Waals surface area contributed by atoms with Crippen LogP contribution in [0, 0.1) is 24.0 Å². The third-order valence-electron chi connectivity index (χ3n) is 5.33. The molecule has 1 aliphatic heterocycles. The number of ether oxygens (including phenoxy) is 2. The Kier molecular flexibility index (Phi) is 7.76. The summed E-state index contributed by atoms with van der Waals surface area (Å²) >= 11 is 4.83. The summed E-state index contributed by atoms with van der Waals surface area (Å²) in [5, 5.41) is 14.1. The zero-order chi connectivity index (χ0) is 25.8. The molecule has 3 aromatic rings. The summed E-state index contributed by atoms with van der Waals surface area (Å²) in [5.74, 6) is 0.802. The van der Waals surface area contributed by atoms with Gasteiger partial charge in [-0.15, -0.1) is 0 Å². The first-order valence-electron chi connectivity index (χ1n) is 10.8. The molecule has 0 unspecified atom stereocenters. The van der Waals surface area contributed by atoms with Gasteiger partial charge in [-0.05, 0) is 90.3 Å². The molecule has 10 heteroatoms. The van der Waals surface area contributed by atoms with Crippen LogP contribution in [0.2, 0.25) is 0 Å². The van der Waals surface area contributed by atoms with Gasteiger partial charge in [0.05, 0.1) is 22.6 Å². The highest BCUT2D eigenvalue weighted by Crippen LogP contribution is 2.33. The molecule has 0 aromatic heterocycles. The van der Waals surface area contributed by atoms with Crippen molar-refractivity contribution in [2.75, 3.05) is 7.11 Å². The minimum absolute atomic E-state index is 0.0258. The summed E-state index contributed by atoms with van der Waals surface area (Å²) in [6, 6.07) is 15.4. The fraction of sp³-hybridized carbons (Fsp3) is 0.154. The molecule has 184 valence electrons. The van der Waals surface area contributed by atoms with E-state index in [1.54, 1.807) is 30.3 Å². The van der Waals surface area contributed by atoms with Crippen molar-refractivity contribution in [3.05, 3.63) is 96.3 Å². The van der Waals surface area contributed by atoms with Gasteiger partial charge in [0, 0.05) is 16.6 Å². The molecule has 0 bridgehead atoms. The van der Waals surface area contributed by atoms with Crippen LogP contribution in [-0.4, -0.2) is 23.1 Å². The van der Waals surface area contributed by atoms with Crippen molar-refractivity contribution in [2.24, 2.45) is 4.99 Å². The van der Waals surface area contributed by atoms with Crippen LogP contribution in [-0.2, 0) is 11.4 Å². The van der Waals surface area contributed by atoms with Gasteiger partial charge in [-0.3, -0.25) is 14.9 Å². The van der Waals surface area contributed by atoms with Crippen LogP contribution < -0.4 is 14.8 Å². The highest BCUT2D eigenvalue weighted by Gasteiger charge is 2.24. The molecule has 36 heavy (non-hydrogen) atoms. The van der Waals surface area contributed by atoms with Crippen LogP contribution in [0.1, 0.15) is 22.3 Å². The first kappa shape index (κ1) is 25.5. The lowest BCUT2D eigenvalue weighted by Gasteiger charge is -2.11. The largest absolute Gasteiger partial charge is 0.493 e. The second-order valence-corrected chi connectivity index (χ2v) is 9.82. The molecule has 1 fully saturated rings. The summed E-state index contributed by atoms with van der Waals surface area (Å²) in [6.07, 6.45) is 1.77. The molecule has 3 aromatic carbocycles. The molecule has 1 N–H and O–H groups in total. The zero-order valence-electron chi connectivity index (χ0n) is 19.7. The van der Waals surface area contributed by atoms with E-state index in [0.717, 1.165) is 32.4 Å². The van der Waals surface area contributed by atoms with E-state index in [0.29, 0.717) is 21.6 Å². The van der Waals surface area contributed by atoms with Gasteiger partial charge >= 0.3 is 0 Å². The lowest BCUT2D eigenvalue weighted by atomic mass is 10.1. The number of amides is 1. The zero-order valence-corrected chi connectivity index (χ0v) is 22.1. The Bertz CT molecular complexity index is 1380. The van der Waals surface area contributed by atoms with Crippen molar-refractivity contribution in [2.45, 2.75) is 20.5 Å². The number of carbonyl (C=O) groups is 1. The number of amidine groups is 1. The number of nitrogens with zero attached hydrogens (tertiary/aromatic N) is 2. The predicted molar refractivity (Wildman–Crippen MR) is 145 cm³/mol. The number of hydrogen-bond donors (Lipinski definition) is 1. The molecule has 1 amide bonds. The minimum atomic E-state index is -0.443. The van der Waals surface area contributed by atoms with Gasteiger partial charge in [0.1, 0.15) is 6.61 Å². The molecular formula is C26H22BrN3O5S. The van der Waals surface area contributed by atoms with Crippen LogP contribution >= 0.6 is 27.7 Å². The third kappa shape index (κ3) is 5.95. The second kappa shape index (κ2) is 11.0. The summed E-state index contributed by atoms with van der Waals surface area (Å²) in [7, 11) is 1.54. The van der Waals surface area contributed by atoms with Crippen molar-refractivity contribution < 1.29 is 19.2 Å². The van der Waals surface area contributed by atoms with Gasteiger partial charge in [0.25, 0.3) is 11.6 Å². The summed E-state index contributed by atoms with van der Waals surface area (Å²) in [6.45, 7) is 4.22. The number of aryl methyl sites for hydroxylation is 2. The highest BCUT2D eigenvalue weighted by atomic mass is 79.9. The number of non-ortho nitro benzene ring substituents is 1. The van der Waals surface area contributed by atoms with Gasteiger partial charge < -0.3 is 14.8 Å². The van der Waals surface area contributed by atoms with E-state index in [2.05, 4.69) is 26.2 Å². The molecule has 1 saturated heterocycles. The molecule has 0 saturated carbocycles. The van der Waals surface area contributed by atoms with Gasteiger partial charge in [-0.2, -0.15) is 0 Å². The van der Waals surface area contributed by atoms with Gasteiger partial charge in [-0.25, -0.2) is 4.99 Å². The average molecular weight is 568 g/mol. The Morgan fingerprint density at radius 3 is 2.42 bits per heavy atom. The smallest absolute Gasteiger partial charge is 0.269 e. The van der Waals surface area contributed by atoms with Crippen LogP contribution in [0.4, 0.5) is 11.4 Å². The molecule has 1 aliphatic rings. The van der Waals surface area contributed by atoms with Gasteiger partial charge in [-0.1, -0.05) is 22.0 Å². The Morgan fingerprint density at radius 2 is 1.78 bits per heavy atom. The molecule has 1 heterocycles. The average Bonchev–Trinajstić information content (AvgIpc) is 3.19. The van der Waals surface area contributed by atoms with E-state index >= 15 is 0 Å². The van der Waals surface area contributed by atoms with Crippen molar-refractivity contribution in [1.82, 2.24) is 5.32 Å². The van der Waals surface area contributed by atoms with E-state index in [-0.39, 0.29) is 18.2 Å². The molecule has 0 atom stereocenters. The SMILES string of the molecule is COc1cc(/C=C2\SC(=Nc3cc(C)c(Br)c(C)c3)NC2=O)ccc1OCc1ccc([N+](=O)[O-])cc1. The monoisotopic (exact) mass is 567 g/mol. The number of nitrogens with one attached hydrogen (secondary N) is 1. The topological polar surface area (TPSA) is 103 Å². The fourth-order valence-electron chi connectivity index (χ4n) is 3.50. The Labute approximate surface area is 220 Å². The van der Waals surface area contributed by atoms with Crippen LogP contribution in [0.25, 0.3) is 6.08 Å². The number of methoxy groups -OCH3 is 1. The molecule has 0 aliphatic carbocycles. The number of nitro benzene ring substituents is 1. The first-order chi connectivity index (χ1) is 17.2. The number of nitro groups is 1. The molecule has 4 rings (SSSR count). The molecule has 8 nitrogen and oxygen atoms in total. The van der Waals surface area contributed by atoms with E-state index in [4.69, 9.17) is 9.47 Å². The van der Waals surface area contributed by atoms with E-state index in [1.807, 2.05) is 32.0 Å². The molecule has 0 radical (unpaired) electrons. The standard InChI is InChI=1S/C26H22BrN3O5S/c1-15-10-19(11-16(2)24(15)27)28-26-29-25(31)23(36-26)13-18-6-9-21(22(12-18)34-3)35-14-17-4-7-20(8-5-17)30(32)33/h4-13H,14H2,1-3H3,(H,28,29,31)/b23-13-. The number of halogens is 1. The van der Waals surface area contributed by atoms with Crippen LogP contribution in [0.3, 0.4) is 0 Å². The molecule has 0 spiro atoms. The lowest BCUT2D eigenvalue weighted by Crippen LogP contribution is -2.19. The van der Waals surface area contributed by atoms with Crippen molar-refractivity contribution in [3.8, 4) is 11.5 Å². The summed E-state index contributed by atoms with van der Waals surface area (Å²) in [5.41, 5.74) is 4.50. The number of hydrogen-bond acceptors (Lipinski definition) is 7. The lowest BCUT2D eigenvalue weighted by molar-refractivity contribution is -0.384. The Hall–Kier alpha value is -3.63. The maximum Gasteiger partial charge on any atom is 0.269 e. The van der Waals surface area contributed by atoms with E-state index < -0.39 is 4.92 Å². The second-order valence-electron chi connectivity index (χ2n) is 8.00. The fourth-order valence-corrected chi connectivity index (χ4v) is 4.58. The van der Waals surface area contributed by atoms with Crippen molar-refractivity contribution in [1.29, 1.82) is 0 Å². The number of carbonyl (C=O) groups excluding carboxylic acids is 1. The number of benzene rings is 3. The maximum atomic E-state index is 12.5. The summed E-state index contributed by atoms with van der Waals surface area (Å²) < 4.78 is 12.4. The number of aliphatic imine (C=N–C) groups is 1. The van der Waals surface area contributed by atoms with E-state index in [1.165, 1.54) is 31.0 Å². The first-order valence-corrected chi connectivity index (χ1v) is 12.4. The third-order valence-corrected chi connectivity index (χ3v) is 7.49. The predicted octanol–water partition coefficient (Wildman–Crippen LogP) is 6.45. The number of thioether (sulfide) groups is 1. The summed E-state index contributed by atoms with van der Waals surface area (Å²) in [4.78, 5) is 28.0. The molecular weight excluding hydrogens is 546 g/mol. The van der Waals surface area contributed by atoms with Crippen molar-refractivity contribution >= 4 is 56.2 Å². The van der Waals surface area contributed by atoms with Gasteiger partial charge in [0.2, 0.25) is 0 Å². The highest BCUT2D eigenvalue weighted by molar-refractivity contribution is 9.10. The van der Waals surface area contributed by atoms with E-state index in [9.17, 15) is 14.9 Å². The maximum absolute atomic E-state index is 12.5. The van der Waals surface area contributed by atoms with Crippen LogP contribution in [0.5, 0.6) is 11.5 Å².